The number of hydrogen-bond donors (Lipinski definition) is 2. The number of nitrogens with zero attached hydrogens (tertiary/aromatic N) is 3. The fourth-order valence-corrected chi connectivity index (χ4v) is 5.26. The van der Waals surface area contributed by atoms with E-state index in [1.807, 2.05) is 24.3 Å². The Bertz CT molecular complexity index is 1270. The van der Waals surface area contributed by atoms with E-state index in [1.165, 1.54) is 12.1 Å². The number of nitrogens with one attached hydrogen (secondary N) is 1. The molecule has 9 heteroatoms. The summed E-state index contributed by atoms with van der Waals surface area (Å²) in [6, 6.07) is 12.8. The van der Waals surface area contributed by atoms with E-state index < -0.39 is 17.0 Å². The summed E-state index contributed by atoms with van der Waals surface area (Å²) in [6.45, 7) is 0.560. The smallest absolute Gasteiger partial charge is 0.269 e. The Morgan fingerprint density at radius 1 is 1.09 bits per heavy atom. The van der Waals surface area contributed by atoms with Crippen molar-refractivity contribution in [1.29, 1.82) is 0 Å². The van der Waals surface area contributed by atoms with Gasteiger partial charge < -0.3 is 19.9 Å². The molecule has 1 aromatic heterocycles. The monoisotopic (exact) mass is 462 g/mol. The molecule has 9 nitrogen and oxygen atoms in total. The molecule has 0 saturated carbocycles. The molecule has 5 rings (SSSR count). The Labute approximate surface area is 196 Å². The average Bonchev–Trinajstić information content (AvgIpc) is 3.22. The minimum absolute atomic E-state index is 0.0184. The van der Waals surface area contributed by atoms with E-state index in [1.54, 1.807) is 21.9 Å². The molecule has 0 spiro atoms. The SMILES string of the molecule is O=C1[C@@H]2Cc3c([nH]c4ccccc34)[C@H](c3cccc([N+](=O)[O-])c3)N2C(=O)CN1CCCCCO. The number of H-pyrrole nitrogens is 1. The summed E-state index contributed by atoms with van der Waals surface area (Å²) in [5.74, 6) is -0.275. The van der Waals surface area contributed by atoms with Crippen LogP contribution < -0.4 is 0 Å². The molecule has 2 atom stereocenters. The van der Waals surface area contributed by atoms with E-state index in [9.17, 15) is 19.7 Å². The molecule has 0 radical (unpaired) electrons. The van der Waals surface area contributed by atoms with Crippen molar-refractivity contribution in [1.82, 2.24) is 14.8 Å². The molecule has 3 heterocycles. The third-order valence-electron chi connectivity index (χ3n) is 6.83. The number of aliphatic hydroxyl groups is 1. The number of nitro benzene ring substituents is 1. The second-order valence-electron chi connectivity index (χ2n) is 8.88. The van der Waals surface area contributed by atoms with E-state index in [-0.39, 0.29) is 30.7 Å². The van der Waals surface area contributed by atoms with Gasteiger partial charge in [-0.05, 0) is 36.5 Å². The zero-order chi connectivity index (χ0) is 23.8. The molecule has 0 aliphatic carbocycles. The number of carbonyl (C=O) groups excluding carboxylic acids is 2. The highest BCUT2D eigenvalue weighted by atomic mass is 16.6. The van der Waals surface area contributed by atoms with Crippen LogP contribution in [0.3, 0.4) is 0 Å². The first kappa shape index (κ1) is 22.1. The maximum absolute atomic E-state index is 13.6. The van der Waals surface area contributed by atoms with Crippen LogP contribution in [0.1, 0.15) is 42.1 Å². The van der Waals surface area contributed by atoms with Crippen molar-refractivity contribution >= 4 is 28.4 Å². The Morgan fingerprint density at radius 3 is 2.71 bits per heavy atom. The molecule has 3 aromatic rings. The van der Waals surface area contributed by atoms with Crippen molar-refractivity contribution in [2.75, 3.05) is 19.7 Å². The summed E-state index contributed by atoms with van der Waals surface area (Å²) in [4.78, 5) is 44.7. The van der Waals surface area contributed by atoms with E-state index in [0.717, 1.165) is 35.0 Å². The lowest BCUT2D eigenvalue weighted by Gasteiger charge is -2.47. The van der Waals surface area contributed by atoms with Gasteiger partial charge in [0.05, 0.1) is 17.5 Å². The highest BCUT2D eigenvalue weighted by molar-refractivity contribution is 5.97. The van der Waals surface area contributed by atoms with Gasteiger partial charge in [-0.1, -0.05) is 30.3 Å². The molecule has 2 aromatic carbocycles. The Morgan fingerprint density at radius 2 is 1.91 bits per heavy atom. The second-order valence-corrected chi connectivity index (χ2v) is 8.88. The number of aromatic amines is 1. The largest absolute Gasteiger partial charge is 0.396 e. The molecule has 2 aliphatic rings. The quantitative estimate of drug-likeness (QED) is 0.318. The zero-order valence-electron chi connectivity index (χ0n) is 18.6. The Kier molecular flexibility index (Phi) is 5.79. The van der Waals surface area contributed by atoms with Crippen LogP contribution in [0.25, 0.3) is 10.9 Å². The van der Waals surface area contributed by atoms with Crippen molar-refractivity contribution in [3.8, 4) is 0 Å². The summed E-state index contributed by atoms with van der Waals surface area (Å²) in [6.07, 6.45) is 2.56. The van der Waals surface area contributed by atoms with Gasteiger partial charge in [-0.15, -0.1) is 0 Å². The zero-order valence-corrected chi connectivity index (χ0v) is 18.6. The molecule has 1 saturated heterocycles. The maximum Gasteiger partial charge on any atom is 0.269 e. The standard InChI is InChI=1S/C25H26N4O5/c30-12-5-1-4-11-27-15-22(31)28-21(25(27)32)14-19-18-9-2-3-10-20(18)26-23(19)24(28)16-7-6-8-17(13-16)29(33)34/h2-3,6-10,13,21,24,26,30H,1,4-5,11-12,14-15H2/t21-,24-/m0/s1. The Hall–Kier alpha value is -3.72. The van der Waals surface area contributed by atoms with Crippen molar-refractivity contribution in [2.45, 2.75) is 37.8 Å². The van der Waals surface area contributed by atoms with Gasteiger partial charge >= 0.3 is 0 Å². The fourth-order valence-electron chi connectivity index (χ4n) is 5.26. The van der Waals surface area contributed by atoms with Crippen LogP contribution in [0.4, 0.5) is 5.69 Å². The second kappa shape index (κ2) is 8.90. The molecule has 0 unspecified atom stereocenters. The number of rotatable bonds is 7. The molecule has 0 bridgehead atoms. The minimum atomic E-state index is -0.671. The van der Waals surface area contributed by atoms with Gasteiger partial charge in [-0.2, -0.15) is 0 Å². The lowest BCUT2D eigenvalue weighted by Crippen LogP contribution is -2.63. The molecular formula is C25H26N4O5. The fraction of sp³-hybridized carbons (Fsp3) is 0.360. The first-order valence-electron chi connectivity index (χ1n) is 11.5. The topological polar surface area (TPSA) is 120 Å². The normalized spacial score (nSPS) is 19.9. The third kappa shape index (κ3) is 3.71. The molecule has 34 heavy (non-hydrogen) atoms. The van der Waals surface area contributed by atoms with E-state index in [4.69, 9.17) is 5.11 Å². The van der Waals surface area contributed by atoms with Crippen molar-refractivity contribution in [2.24, 2.45) is 0 Å². The minimum Gasteiger partial charge on any atom is -0.396 e. The van der Waals surface area contributed by atoms with Gasteiger partial charge in [0, 0.05) is 48.3 Å². The number of aromatic nitrogens is 1. The van der Waals surface area contributed by atoms with Crippen LogP contribution in [0.15, 0.2) is 48.5 Å². The van der Waals surface area contributed by atoms with Crippen LogP contribution in [0.2, 0.25) is 0 Å². The molecule has 2 aliphatic heterocycles. The first-order valence-corrected chi connectivity index (χ1v) is 11.5. The molecule has 2 N–H and O–H groups in total. The van der Waals surface area contributed by atoms with Crippen molar-refractivity contribution < 1.29 is 19.6 Å². The average molecular weight is 463 g/mol. The number of unbranched alkanes of at least 4 members (excludes halogenated alkanes) is 2. The van der Waals surface area contributed by atoms with Crippen molar-refractivity contribution in [3.05, 3.63) is 75.5 Å². The number of nitro groups is 1. The molecular weight excluding hydrogens is 436 g/mol. The number of carbonyl (C=O) groups is 2. The molecule has 176 valence electrons. The lowest BCUT2D eigenvalue weighted by molar-refractivity contribution is -0.384. The van der Waals surface area contributed by atoms with E-state index >= 15 is 0 Å². The van der Waals surface area contributed by atoms with Crippen LogP contribution in [-0.4, -0.2) is 62.4 Å². The number of piperazine rings is 1. The van der Waals surface area contributed by atoms with Gasteiger partial charge in [-0.25, -0.2) is 0 Å². The van der Waals surface area contributed by atoms with E-state index in [0.29, 0.717) is 24.9 Å². The summed E-state index contributed by atoms with van der Waals surface area (Å²) in [5.41, 5.74) is 3.22. The predicted octanol–water partition coefficient (Wildman–Crippen LogP) is 2.92. The van der Waals surface area contributed by atoms with Crippen LogP contribution in [-0.2, 0) is 16.0 Å². The third-order valence-corrected chi connectivity index (χ3v) is 6.83. The van der Waals surface area contributed by atoms with Gasteiger partial charge in [-0.3, -0.25) is 19.7 Å². The number of para-hydroxylation sites is 1. The summed E-state index contributed by atoms with van der Waals surface area (Å²) < 4.78 is 0. The molecule has 2 amide bonds. The van der Waals surface area contributed by atoms with Crippen LogP contribution in [0.5, 0.6) is 0 Å². The maximum atomic E-state index is 13.6. The number of non-ortho nitro benzene ring substituents is 1. The van der Waals surface area contributed by atoms with E-state index in [2.05, 4.69) is 4.98 Å². The highest BCUT2D eigenvalue weighted by Gasteiger charge is 2.48. The lowest BCUT2D eigenvalue weighted by atomic mass is 9.86. The van der Waals surface area contributed by atoms with Gasteiger partial charge in [0.1, 0.15) is 6.04 Å². The number of benzene rings is 2. The Balaban J connectivity index is 1.59. The summed E-state index contributed by atoms with van der Waals surface area (Å²) in [5, 5.41) is 21.5. The predicted molar refractivity (Wildman–Crippen MR) is 125 cm³/mol. The van der Waals surface area contributed by atoms with Gasteiger partial charge in [0.2, 0.25) is 11.8 Å². The first-order chi connectivity index (χ1) is 16.5. The van der Waals surface area contributed by atoms with Crippen molar-refractivity contribution in [3.63, 3.8) is 0 Å². The van der Waals surface area contributed by atoms with Crippen LogP contribution >= 0.6 is 0 Å². The van der Waals surface area contributed by atoms with Gasteiger partial charge in [0.25, 0.3) is 5.69 Å². The van der Waals surface area contributed by atoms with Gasteiger partial charge in [0.15, 0.2) is 0 Å². The molecule has 1 fully saturated rings. The summed E-state index contributed by atoms with van der Waals surface area (Å²) in [7, 11) is 0. The number of hydrogen-bond acceptors (Lipinski definition) is 5. The summed E-state index contributed by atoms with van der Waals surface area (Å²) >= 11 is 0. The highest BCUT2D eigenvalue weighted by Crippen LogP contribution is 2.43. The number of aliphatic hydroxyl groups excluding tert-OH is 1. The number of amides is 2. The number of fused-ring (bicyclic) bond motifs is 4. The van der Waals surface area contributed by atoms with Crippen LogP contribution in [0, 0.1) is 10.1 Å².